The molecule has 0 heterocycles. The largest absolute Gasteiger partial charge is 0.480 e. The smallest absolute Gasteiger partial charge is 0.394 e. The van der Waals surface area contributed by atoms with Crippen LogP contribution in [0.2, 0.25) is 0 Å². The summed E-state index contributed by atoms with van der Waals surface area (Å²) in [6.45, 7) is 4.27. The molecule has 0 unspecified atom stereocenters. The Morgan fingerprint density at radius 3 is 1.22 bits per heavy atom. The lowest BCUT2D eigenvalue weighted by Crippen LogP contribution is -2.45. The Bertz CT molecular complexity index is 444. The number of nitrogens with two attached hydrogens (primary N) is 1. The maximum Gasteiger partial charge on any atom is 0.394 e. The van der Waals surface area contributed by atoms with Gasteiger partial charge in [-0.25, -0.2) is 13.6 Å². The van der Waals surface area contributed by atoms with E-state index in [2.05, 4.69) is 0 Å². The average molecular weight is 369 g/mol. The number of carboxylic acids is 2. The summed E-state index contributed by atoms with van der Waals surface area (Å²) in [5.41, 5.74) is 1.01. The van der Waals surface area contributed by atoms with Crippen molar-refractivity contribution in [1.29, 1.82) is 0 Å². The number of carbonyl (C=O) groups is 2. The first-order valence-electron chi connectivity index (χ1n) is 5.68. The molecule has 0 fully saturated rings. The quantitative estimate of drug-likeness (QED) is 0.357. The standard InChI is InChI=1S/C5H10FNO2.C5H9FO3.H2O4S/c2*1-5(2,6)3(7)4(8)9;1-5(2,3)4/h3H,7H2,1-2H3,(H,8,9);3,7H,1-2H3,(H,8,9);(H2,1,2,3,4)/t2*3-;/m11./s1. The minimum atomic E-state index is -4.67. The third-order valence-electron chi connectivity index (χ3n) is 1.89. The summed E-state index contributed by atoms with van der Waals surface area (Å²) in [6, 6.07) is -1.43. The molecule has 0 bridgehead atoms. The minimum absolute atomic E-state index is 1.01. The zero-order valence-corrected chi connectivity index (χ0v) is 13.6. The highest BCUT2D eigenvalue weighted by Crippen LogP contribution is 2.13. The number of aliphatic hydroxyl groups excluding tert-OH is 1. The van der Waals surface area contributed by atoms with E-state index < -0.39 is 45.8 Å². The van der Waals surface area contributed by atoms with Crippen LogP contribution in [0.1, 0.15) is 27.7 Å². The molecule has 140 valence electrons. The van der Waals surface area contributed by atoms with E-state index in [-0.39, 0.29) is 0 Å². The van der Waals surface area contributed by atoms with Crippen molar-refractivity contribution in [3.8, 4) is 0 Å². The van der Waals surface area contributed by atoms with Gasteiger partial charge in [-0.15, -0.1) is 0 Å². The molecule has 0 aromatic rings. The number of aliphatic hydroxyl groups is 1. The lowest BCUT2D eigenvalue weighted by atomic mass is 10.0. The van der Waals surface area contributed by atoms with Gasteiger partial charge in [0.2, 0.25) is 0 Å². The fourth-order valence-corrected chi connectivity index (χ4v) is 0.587. The summed E-state index contributed by atoms with van der Waals surface area (Å²) >= 11 is 0. The second kappa shape index (κ2) is 9.67. The summed E-state index contributed by atoms with van der Waals surface area (Å²) in [5.74, 6) is -2.86. The molecular weight excluding hydrogens is 348 g/mol. The molecule has 10 nitrogen and oxygen atoms in total. The first kappa shape index (κ1) is 26.5. The molecule has 0 aromatic heterocycles. The van der Waals surface area contributed by atoms with Crippen molar-refractivity contribution in [2.24, 2.45) is 5.73 Å². The lowest BCUT2D eigenvalue weighted by Gasteiger charge is -2.17. The molecule has 0 aliphatic heterocycles. The van der Waals surface area contributed by atoms with Gasteiger partial charge in [-0.1, -0.05) is 0 Å². The van der Waals surface area contributed by atoms with Gasteiger partial charge in [-0.05, 0) is 27.7 Å². The van der Waals surface area contributed by atoms with Crippen LogP contribution in [-0.4, -0.2) is 68.3 Å². The van der Waals surface area contributed by atoms with E-state index in [1.54, 1.807) is 0 Å². The minimum Gasteiger partial charge on any atom is -0.480 e. The van der Waals surface area contributed by atoms with Crippen molar-refractivity contribution >= 4 is 22.3 Å². The Morgan fingerprint density at radius 1 is 0.957 bits per heavy atom. The summed E-state index contributed by atoms with van der Waals surface area (Å²) < 4.78 is 56.5. The van der Waals surface area contributed by atoms with Crippen LogP contribution in [0.15, 0.2) is 0 Å². The van der Waals surface area contributed by atoms with Gasteiger partial charge in [-0.3, -0.25) is 13.9 Å². The summed E-state index contributed by atoms with van der Waals surface area (Å²) in [5, 5.41) is 24.7. The maximum atomic E-state index is 12.5. The van der Waals surface area contributed by atoms with Gasteiger partial charge >= 0.3 is 22.3 Å². The lowest BCUT2D eigenvalue weighted by molar-refractivity contribution is -0.154. The monoisotopic (exact) mass is 369 g/mol. The van der Waals surface area contributed by atoms with Crippen LogP contribution in [0.5, 0.6) is 0 Å². The van der Waals surface area contributed by atoms with E-state index >= 15 is 0 Å². The van der Waals surface area contributed by atoms with Crippen LogP contribution in [0.3, 0.4) is 0 Å². The molecule has 0 radical (unpaired) electrons. The fraction of sp³-hybridized carbons (Fsp3) is 0.800. The Labute approximate surface area is 131 Å². The second-order valence-corrected chi connectivity index (χ2v) is 6.03. The molecule has 2 atom stereocenters. The molecule has 0 rings (SSSR count). The van der Waals surface area contributed by atoms with E-state index in [0.717, 1.165) is 27.7 Å². The number of hydrogen-bond donors (Lipinski definition) is 6. The van der Waals surface area contributed by atoms with Gasteiger partial charge < -0.3 is 21.1 Å². The molecule has 0 aromatic carbocycles. The molecule has 13 heteroatoms. The van der Waals surface area contributed by atoms with Crippen molar-refractivity contribution in [1.82, 2.24) is 0 Å². The van der Waals surface area contributed by atoms with Gasteiger partial charge in [0, 0.05) is 0 Å². The summed E-state index contributed by atoms with van der Waals surface area (Å²) in [6.07, 6.45) is -1.93. The van der Waals surface area contributed by atoms with E-state index in [4.69, 9.17) is 38.6 Å². The van der Waals surface area contributed by atoms with Gasteiger partial charge in [0.25, 0.3) is 0 Å². The topological polar surface area (TPSA) is 195 Å². The van der Waals surface area contributed by atoms with Crippen LogP contribution in [0.4, 0.5) is 8.78 Å². The third kappa shape index (κ3) is 20.6. The van der Waals surface area contributed by atoms with Gasteiger partial charge in [0.1, 0.15) is 17.4 Å². The first-order valence-corrected chi connectivity index (χ1v) is 7.08. The molecule has 0 spiro atoms. The first-order chi connectivity index (χ1) is 9.71. The zero-order valence-electron chi connectivity index (χ0n) is 12.8. The van der Waals surface area contributed by atoms with Gasteiger partial charge in [0.15, 0.2) is 6.10 Å². The number of halogens is 2. The molecule has 7 N–H and O–H groups in total. The molecule has 0 aliphatic rings. The highest BCUT2D eigenvalue weighted by atomic mass is 32.3. The summed E-state index contributed by atoms with van der Waals surface area (Å²) in [4.78, 5) is 19.8. The van der Waals surface area contributed by atoms with Crippen molar-refractivity contribution in [2.75, 3.05) is 0 Å². The van der Waals surface area contributed by atoms with Crippen molar-refractivity contribution in [3.05, 3.63) is 0 Å². The Morgan fingerprint density at radius 2 is 1.22 bits per heavy atom. The highest BCUT2D eigenvalue weighted by molar-refractivity contribution is 7.79. The van der Waals surface area contributed by atoms with E-state index in [0.29, 0.717) is 0 Å². The van der Waals surface area contributed by atoms with E-state index in [9.17, 15) is 18.4 Å². The van der Waals surface area contributed by atoms with Crippen LogP contribution in [0, 0.1) is 0 Å². The van der Waals surface area contributed by atoms with Gasteiger partial charge in [-0.2, -0.15) is 8.42 Å². The van der Waals surface area contributed by atoms with Crippen LogP contribution >= 0.6 is 0 Å². The van der Waals surface area contributed by atoms with Crippen LogP contribution in [-0.2, 0) is 20.0 Å². The molecule has 0 saturated carbocycles. The number of alkyl halides is 2. The molecule has 0 aliphatic carbocycles. The predicted molar refractivity (Wildman–Crippen MR) is 73.8 cm³/mol. The maximum absolute atomic E-state index is 12.5. The predicted octanol–water partition coefficient (Wildman–Crippen LogP) is -0.326. The fourth-order valence-electron chi connectivity index (χ4n) is 0.587. The Balaban J connectivity index is -0.000000273. The molecular formula is C10H21F2NO9S. The van der Waals surface area contributed by atoms with Crippen molar-refractivity contribution < 1.29 is 51.2 Å². The van der Waals surface area contributed by atoms with E-state index in [1.807, 2.05) is 0 Å². The second-order valence-electron chi connectivity index (χ2n) is 5.13. The van der Waals surface area contributed by atoms with E-state index in [1.165, 1.54) is 0 Å². The normalized spacial score (nSPS) is 14.3. The van der Waals surface area contributed by atoms with Crippen LogP contribution < -0.4 is 5.73 Å². The Hall–Kier alpha value is -1.41. The zero-order chi connectivity index (χ0) is 19.8. The average Bonchev–Trinajstić information content (AvgIpc) is 2.22. The SMILES string of the molecule is CC(C)(F)[C@H](N)C(=O)O.CC(C)(F)[C@H](O)C(=O)O.O=S(=O)(O)O. The highest BCUT2D eigenvalue weighted by Gasteiger charge is 2.33. The number of aliphatic carboxylic acids is 2. The number of carboxylic acid groups (broad SMARTS) is 2. The van der Waals surface area contributed by atoms with Gasteiger partial charge in [0.05, 0.1) is 0 Å². The summed E-state index contributed by atoms with van der Waals surface area (Å²) in [7, 11) is -4.67. The van der Waals surface area contributed by atoms with Crippen molar-refractivity contribution in [3.63, 3.8) is 0 Å². The van der Waals surface area contributed by atoms with Crippen LogP contribution in [0.25, 0.3) is 0 Å². The third-order valence-corrected chi connectivity index (χ3v) is 1.89. The number of hydrogen-bond acceptors (Lipinski definition) is 6. The number of rotatable bonds is 4. The Kier molecular flexibility index (Phi) is 11.1. The molecule has 23 heavy (non-hydrogen) atoms. The molecule has 0 saturated heterocycles. The van der Waals surface area contributed by atoms with Crippen molar-refractivity contribution in [2.45, 2.75) is 51.2 Å². The molecule has 0 amide bonds.